The molecule has 0 spiro atoms. The number of thiophene rings is 1. The van der Waals surface area contributed by atoms with Crippen LogP contribution in [0.15, 0.2) is 23.0 Å². The molecule has 1 amide bonds. The molecule has 0 saturated carbocycles. The lowest BCUT2D eigenvalue weighted by Crippen LogP contribution is -2.24. The second-order valence-corrected chi connectivity index (χ2v) is 9.04. The molecule has 1 aliphatic heterocycles. The van der Waals surface area contributed by atoms with Crippen molar-refractivity contribution in [2.75, 3.05) is 11.9 Å². The number of aryl methyl sites for hydroxylation is 2. The number of carbonyl (C=O) groups is 2. The van der Waals surface area contributed by atoms with E-state index in [1.807, 2.05) is 0 Å². The average Bonchev–Trinajstić information content (AvgIpc) is 2.91. The van der Waals surface area contributed by atoms with Crippen LogP contribution >= 0.6 is 34.5 Å². The molecular weight excluding hydrogens is 461 g/mol. The van der Waals surface area contributed by atoms with Gasteiger partial charge in [0.1, 0.15) is 15.5 Å². The van der Waals surface area contributed by atoms with Crippen molar-refractivity contribution in [2.24, 2.45) is 0 Å². The Labute approximate surface area is 191 Å². The number of nitrogens with zero attached hydrogens (tertiary/aromatic N) is 2. The maximum Gasteiger partial charge on any atom is 0.349 e. The number of anilines is 1. The SMILES string of the molecule is Cc1c(C(=O)OCC(=O)Nc2cccc(Cl)c2Cl)sc2nc3n(c(=O)c12)CCCCC3. The molecule has 1 aromatic carbocycles. The van der Waals surface area contributed by atoms with E-state index in [9.17, 15) is 14.4 Å². The highest BCUT2D eigenvalue weighted by molar-refractivity contribution is 7.20. The van der Waals surface area contributed by atoms with Gasteiger partial charge in [0, 0.05) is 13.0 Å². The Balaban J connectivity index is 1.52. The first-order chi connectivity index (χ1) is 14.9. The van der Waals surface area contributed by atoms with Crippen molar-refractivity contribution in [3.63, 3.8) is 0 Å². The van der Waals surface area contributed by atoms with E-state index in [0.29, 0.717) is 33.0 Å². The number of amides is 1. The van der Waals surface area contributed by atoms with Crippen molar-refractivity contribution in [3.8, 4) is 0 Å². The number of carbonyl (C=O) groups excluding carboxylic acids is 2. The first kappa shape index (κ1) is 21.8. The fraction of sp³-hybridized carbons (Fsp3) is 0.333. The third-order valence-electron chi connectivity index (χ3n) is 5.16. The zero-order chi connectivity index (χ0) is 22.1. The van der Waals surface area contributed by atoms with Gasteiger partial charge in [-0.15, -0.1) is 11.3 Å². The maximum absolute atomic E-state index is 13.0. The van der Waals surface area contributed by atoms with Gasteiger partial charge in [0.25, 0.3) is 11.5 Å². The average molecular weight is 480 g/mol. The molecule has 2 aromatic heterocycles. The molecular formula is C21H19Cl2N3O4S. The zero-order valence-corrected chi connectivity index (χ0v) is 19.0. The Bertz CT molecular complexity index is 1250. The van der Waals surface area contributed by atoms with Gasteiger partial charge in [0.2, 0.25) is 0 Å². The van der Waals surface area contributed by atoms with Crippen LogP contribution in [0.4, 0.5) is 5.69 Å². The van der Waals surface area contributed by atoms with Crippen molar-refractivity contribution in [2.45, 2.75) is 39.2 Å². The minimum atomic E-state index is -0.674. The molecule has 4 rings (SSSR count). The van der Waals surface area contributed by atoms with E-state index < -0.39 is 18.5 Å². The summed E-state index contributed by atoms with van der Waals surface area (Å²) in [5.41, 5.74) is 0.732. The Morgan fingerprint density at radius 1 is 1.26 bits per heavy atom. The molecule has 1 aliphatic rings. The highest BCUT2D eigenvalue weighted by Crippen LogP contribution is 2.30. The quantitative estimate of drug-likeness (QED) is 0.552. The molecule has 3 heterocycles. The van der Waals surface area contributed by atoms with E-state index in [4.69, 9.17) is 27.9 Å². The highest BCUT2D eigenvalue weighted by Gasteiger charge is 2.23. The molecule has 0 fully saturated rings. The van der Waals surface area contributed by atoms with Gasteiger partial charge in [-0.3, -0.25) is 14.2 Å². The van der Waals surface area contributed by atoms with E-state index in [1.54, 1.807) is 29.7 Å². The standard InChI is InChI=1S/C21H19Cl2N3O4S/c1-11-16-19(25-14-8-3-2-4-9-26(14)20(16)28)31-18(11)21(29)30-10-15(27)24-13-7-5-6-12(22)17(13)23/h5-7H,2-4,8-10H2,1H3,(H,24,27). The summed E-state index contributed by atoms with van der Waals surface area (Å²) in [6.45, 7) is 1.84. The molecule has 31 heavy (non-hydrogen) atoms. The number of rotatable bonds is 4. The van der Waals surface area contributed by atoms with E-state index in [1.165, 1.54) is 0 Å². The minimum Gasteiger partial charge on any atom is -0.451 e. The van der Waals surface area contributed by atoms with Gasteiger partial charge in [-0.2, -0.15) is 0 Å². The van der Waals surface area contributed by atoms with E-state index >= 15 is 0 Å². The maximum atomic E-state index is 13.0. The lowest BCUT2D eigenvalue weighted by atomic mass is 10.2. The Morgan fingerprint density at radius 2 is 2.06 bits per heavy atom. The Kier molecular flexibility index (Phi) is 6.31. The number of halogens is 2. The summed E-state index contributed by atoms with van der Waals surface area (Å²) >= 11 is 13.1. The fourth-order valence-corrected chi connectivity index (χ4v) is 5.02. The van der Waals surface area contributed by atoms with Crippen molar-refractivity contribution in [1.29, 1.82) is 0 Å². The molecule has 10 heteroatoms. The summed E-state index contributed by atoms with van der Waals surface area (Å²) in [4.78, 5) is 43.2. The van der Waals surface area contributed by atoms with Crippen molar-refractivity contribution < 1.29 is 14.3 Å². The number of ether oxygens (including phenoxy) is 1. The first-order valence-electron chi connectivity index (χ1n) is 9.80. The predicted octanol–water partition coefficient (Wildman–Crippen LogP) is 4.60. The van der Waals surface area contributed by atoms with Crippen LogP contribution in [0.5, 0.6) is 0 Å². The second kappa shape index (κ2) is 8.98. The minimum absolute atomic E-state index is 0.122. The van der Waals surface area contributed by atoms with E-state index in [0.717, 1.165) is 42.8 Å². The number of hydrogen-bond donors (Lipinski definition) is 1. The monoisotopic (exact) mass is 479 g/mol. The summed E-state index contributed by atoms with van der Waals surface area (Å²) in [6, 6.07) is 4.83. The number of aromatic nitrogens is 2. The summed E-state index contributed by atoms with van der Waals surface area (Å²) in [7, 11) is 0. The zero-order valence-electron chi connectivity index (χ0n) is 16.7. The van der Waals surface area contributed by atoms with Gasteiger partial charge in [-0.05, 0) is 37.5 Å². The second-order valence-electron chi connectivity index (χ2n) is 7.26. The highest BCUT2D eigenvalue weighted by atomic mass is 35.5. The molecule has 0 atom stereocenters. The van der Waals surface area contributed by atoms with Gasteiger partial charge in [0.15, 0.2) is 6.61 Å². The van der Waals surface area contributed by atoms with Crippen LogP contribution in [0.1, 0.15) is 40.3 Å². The van der Waals surface area contributed by atoms with Crippen molar-refractivity contribution in [3.05, 3.63) is 54.9 Å². The summed E-state index contributed by atoms with van der Waals surface area (Å²) in [5, 5.41) is 3.50. The topological polar surface area (TPSA) is 90.3 Å². The van der Waals surface area contributed by atoms with Crippen LogP contribution in [0.25, 0.3) is 10.2 Å². The smallest absolute Gasteiger partial charge is 0.349 e. The molecule has 7 nitrogen and oxygen atoms in total. The number of benzene rings is 1. The Morgan fingerprint density at radius 3 is 2.87 bits per heavy atom. The molecule has 0 aliphatic carbocycles. The molecule has 1 N–H and O–H groups in total. The molecule has 0 unspecified atom stereocenters. The van der Waals surface area contributed by atoms with Gasteiger partial charge in [-0.1, -0.05) is 35.7 Å². The normalized spacial score (nSPS) is 13.5. The summed E-state index contributed by atoms with van der Waals surface area (Å²) in [5.74, 6) is -0.470. The largest absolute Gasteiger partial charge is 0.451 e. The summed E-state index contributed by atoms with van der Waals surface area (Å²) in [6.07, 6.45) is 3.73. The summed E-state index contributed by atoms with van der Waals surface area (Å²) < 4.78 is 6.89. The fourth-order valence-electron chi connectivity index (χ4n) is 3.59. The third kappa shape index (κ3) is 4.33. The van der Waals surface area contributed by atoms with Gasteiger partial charge in [0.05, 0.1) is 21.1 Å². The predicted molar refractivity (Wildman–Crippen MR) is 122 cm³/mol. The lowest BCUT2D eigenvalue weighted by molar-refractivity contribution is -0.119. The van der Waals surface area contributed by atoms with Crippen LogP contribution in [0, 0.1) is 6.92 Å². The molecule has 3 aromatic rings. The number of hydrogen-bond acceptors (Lipinski definition) is 6. The van der Waals surface area contributed by atoms with Gasteiger partial charge < -0.3 is 10.1 Å². The lowest BCUT2D eigenvalue weighted by Gasteiger charge is -2.08. The van der Waals surface area contributed by atoms with E-state index in [-0.39, 0.29) is 15.5 Å². The molecule has 0 radical (unpaired) electrons. The Hall–Kier alpha value is -2.42. The van der Waals surface area contributed by atoms with Crippen molar-refractivity contribution >= 4 is 62.3 Å². The third-order valence-corrected chi connectivity index (χ3v) is 7.14. The molecule has 162 valence electrons. The van der Waals surface area contributed by atoms with Crippen molar-refractivity contribution in [1.82, 2.24) is 9.55 Å². The molecule has 0 saturated heterocycles. The first-order valence-corrected chi connectivity index (χ1v) is 11.4. The number of esters is 1. The number of fused-ring (bicyclic) bond motifs is 2. The van der Waals surface area contributed by atoms with Crippen LogP contribution < -0.4 is 10.9 Å². The van der Waals surface area contributed by atoms with Crippen LogP contribution in [-0.4, -0.2) is 28.0 Å². The van der Waals surface area contributed by atoms with E-state index in [2.05, 4.69) is 10.3 Å². The van der Waals surface area contributed by atoms with Crippen LogP contribution in [0.3, 0.4) is 0 Å². The van der Waals surface area contributed by atoms with Gasteiger partial charge >= 0.3 is 5.97 Å². The van der Waals surface area contributed by atoms with Crippen LogP contribution in [0.2, 0.25) is 10.0 Å². The molecule has 0 bridgehead atoms. The van der Waals surface area contributed by atoms with Gasteiger partial charge in [-0.25, -0.2) is 9.78 Å². The van der Waals surface area contributed by atoms with Crippen LogP contribution in [-0.2, 0) is 22.5 Å². The number of nitrogens with one attached hydrogen (secondary N) is 1.